The van der Waals surface area contributed by atoms with Crippen LogP contribution in [0.25, 0.3) is 0 Å². The van der Waals surface area contributed by atoms with E-state index in [1.165, 1.54) is 19.1 Å². The van der Waals surface area contributed by atoms with Crippen molar-refractivity contribution < 1.29 is 14.8 Å². The Hall–Kier alpha value is -2.55. The van der Waals surface area contributed by atoms with Crippen LogP contribution in [0.4, 0.5) is 11.4 Å². The molecule has 0 saturated heterocycles. The number of carbonyl (C=O) groups excluding carboxylic acids is 1. The number of hydrogen-bond donors (Lipinski definition) is 2. The van der Waals surface area contributed by atoms with E-state index in [0.29, 0.717) is 0 Å². The summed E-state index contributed by atoms with van der Waals surface area (Å²) < 4.78 is 0. The summed E-state index contributed by atoms with van der Waals surface area (Å²) in [6, 6.07) is 3.37. The van der Waals surface area contributed by atoms with E-state index in [0.717, 1.165) is 6.07 Å². The molecule has 0 spiro atoms. The Kier molecular flexibility index (Phi) is 3.45. The highest BCUT2D eigenvalue weighted by Gasteiger charge is 2.10. The van der Waals surface area contributed by atoms with Gasteiger partial charge in [0, 0.05) is 6.07 Å². The first-order chi connectivity index (χ1) is 7.54. The molecule has 2 N–H and O–H groups in total. The van der Waals surface area contributed by atoms with Crippen LogP contribution >= 0.6 is 0 Å². The number of benzene rings is 1. The van der Waals surface area contributed by atoms with Gasteiger partial charge in [0.2, 0.25) is 0 Å². The molecule has 6 heteroatoms. The van der Waals surface area contributed by atoms with Crippen molar-refractivity contribution in [2.75, 3.05) is 5.32 Å². The van der Waals surface area contributed by atoms with Crippen LogP contribution in [-0.4, -0.2) is 15.9 Å². The number of phenols is 1. The number of carbonyl (C=O) groups is 1. The molecule has 82 valence electrons. The molecule has 0 atom stereocenters. The Morgan fingerprint density at radius 1 is 1.56 bits per heavy atom. The van der Waals surface area contributed by atoms with E-state index >= 15 is 0 Å². The van der Waals surface area contributed by atoms with Gasteiger partial charge in [-0.05, 0) is 18.9 Å². The zero-order valence-corrected chi connectivity index (χ0v) is 8.35. The fraction of sp³-hybridized carbons (Fsp3) is 0.100. The van der Waals surface area contributed by atoms with Crippen LogP contribution < -0.4 is 5.32 Å². The lowest BCUT2D eigenvalue weighted by Gasteiger charge is -2.03. The van der Waals surface area contributed by atoms with E-state index in [9.17, 15) is 20.0 Å². The van der Waals surface area contributed by atoms with Crippen molar-refractivity contribution in [2.45, 2.75) is 6.92 Å². The van der Waals surface area contributed by atoms with Gasteiger partial charge in [0.25, 0.3) is 11.6 Å². The molecule has 1 rings (SSSR count). The second-order valence-corrected chi connectivity index (χ2v) is 2.79. The zero-order chi connectivity index (χ0) is 12.1. The number of nitro benzene ring substituents is 1. The lowest BCUT2D eigenvalue weighted by Crippen LogP contribution is -2.08. The maximum Gasteiger partial charge on any atom is 0.300 e. The fourth-order valence-corrected chi connectivity index (χ4v) is 1.01. The van der Waals surface area contributed by atoms with Crippen LogP contribution in [0.1, 0.15) is 6.92 Å². The van der Waals surface area contributed by atoms with Crippen LogP contribution in [0.2, 0.25) is 0 Å². The highest BCUT2D eigenvalue weighted by Crippen LogP contribution is 2.27. The largest absolute Gasteiger partial charge is 0.506 e. The summed E-state index contributed by atoms with van der Waals surface area (Å²) in [5, 5.41) is 22.1. The molecule has 0 aliphatic heterocycles. The van der Waals surface area contributed by atoms with Gasteiger partial charge in [-0.25, -0.2) is 0 Å². The minimum Gasteiger partial charge on any atom is -0.506 e. The second-order valence-electron chi connectivity index (χ2n) is 2.79. The van der Waals surface area contributed by atoms with E-state index < -0.39 is 10.8 Å². The van der Waals surface area contributed by atoms with Crippen molar-refractivity contribution >= 4 is 17.3 Å². The molecule has 0 heterocycles. The summed E-state index contributed by atoms with van der Waals surface area (Å²) >= 11 is 0. The molecule has 0 aliphatic rings. The lowest BCUT2D eigenvalue weighted by atomic mass is 10.2. The summed E-state index contributed by atoms with van der Waals surface area (Å²) in [4.78, 5) is 20.8. The van der Waals surface area contributed by atoms with Crippen LogP contribution in [0.3, 0.4) is 0 Å². The standard InChI is InChI=1S/C10H8N2O4/c1-2-3-10(14)11-8-5-4-7(12(15)16)6-9(8)13/h4-6,13H,1H3,(H,11,14). The number of nitrogens with one attached hydrogen (secondary N) is 1. The molecule has 0 fully saturated rings. The molecule has 1 aromatic carbocycles. The lowest BCUT2D eigenvalue weighted by molar-refractivity contribution is -0.384. The number of aromatic hydroxyl groups is 1. The monoisotopic (exact) mass is 220 g/mol. The van der Waals surface area contributed by atoms with Gasteiger partial charge in [-0.15, -0.1) is 0 Å². The minimum atomic E-state index is -0.642. The van der Waals surface area contributed by atoms with Gasteiger partial charge < -0.3 is 10.4 Å². The van der Waals surface area contributed by atoms with E-state index in [4.69, 9.17) is 0 Å². The Bertz CT molecular complexity index is 499. The normalized spacial score (nSPS) is 8.81. The first-order valence-electron chi connectivity index (χ1n) is 4.25. The van der Waals surface area contributed by atoms with Crippen molar-refractivity contribution in [3.05, 3.63) is 28.3 Å². The van der Waals surface area contributed by atoms with E-state index in [-0.39, 0.29) is 17.1 Å². The predicted octanol–water partition coefficient (Wildman–Crippen LogP) is 1.26. The maximum absolute atomic E-state index is 11.1. The highest BCUT2D eigenvalue weighted by atomic mass is 16.6. The number of non-ortho nitro benzene ring substituents is 1. The van der Waals surface area contributed by atoms with Gasteiger partial charge in [-0.3, -0.25) is 14.9 Å². The molecule has 6 nitrogen and oxygen atoms in total. The van der Waals surface area contributed by atoms with Crippen molar-refractivity contribution in [1.29, 1.82) is 0 Å². The second kappa shape index (κ2) is 4.79. The van der Waals surface area contributed by atoms with Crippen LogP contribution in [0.5, 0.6) is 5.75 Å². The predicted molar refractivity (Wildman–Crippen MR) is 56.8 cm³/mol. The van der Waals surface area contributed by atoms with Gasteiger partial charge >= 0.3 is 0 Å². The molecule has 1 aromatic rings. The van der Waals surface area contributed by atoms with Crippen molar-refractivity contribution in [2.24, 2.45) is 0 Å². The number of anilines is 1. The molecule has 0 aliphatic carbocycles. The molecular formula is C10H8N2O4. The summed E-state index contributed by atoms with van der Waals surface area (Å²) in [6.45, 7) is 1.50. The average Bonchev–Trinajstić information content (AvgIpc) is 2.21. The number of hydrogen-bond acceptors (Lipinski definition) is 4. The van der Waals surface area contributed by atoms with E-state index in [1.54, 1.807) is 0 Å². The quantitative estimate of drug-likeness (QED) is 0.339. The van der Waals surface area contributed by atoms with Crippen molar-refractivity contribution in [1.82, 2.24) is 0 Å². The average molecular weight is 220 g/mol. The van der Waals surface area contributed by atoms with E-state index in [1.807, 2.05) is 0 Å². The molecule has 0 aromatic heterocycles. The molecular weight excluding hydrogens is 212 g/mol. The number of nitrogens with zero attached hydrogens (tertiary/aromatic N) is 1. The number of amides is 1. The Labute approximate surface area is 91.0 Å². The first-order valence-corrected chi connectivity index (χ1v) is 4.25. The minimum absolute atomic E-state index is 0.0818. The summed E-state index contributed by atoms with van der Waals surface area (Å²) in [6.07, 6.45) is 0. The Morgan fingerprint density at radius 3 is 2.75 bits per heavy atom. The molecule has 0 bridgehead atoms. The van der Waals surface area contributed by atoms with Crippen LogP contribution in [-0.2, 0) is 4.79 Å². The summed E-state index contributed by atoms with van der Waals surface area (Å²) in [7, 11) is 0. The fourth-order valence-electron chi connectivity index (χ4n) is 1.01. The molecule has 0 radical (unpaired) electrons. The molecule has 0 unspecified atom stereocenters. The number of nitro groups is 1. The van der Waals surface area contributed by atoms with Gasteiger partial charge in [-0.1, -0.05) is 5.92 Å². The van der Waals surface area contributed by atoms with Gasteiger partial charge in [0.15, 0.2) is 0 Å². The third-order valence-corrected chi connectivity index (χ3v) is 1.68. The third-order valence-electron chi connectivity index (χ3n) is 1.68. The van der Waals surface area contributed by atoms with Crippen LogP contribution in [0, 0.1) is 22.0 Å². The smallest absolute Gasteiger partial charge is 0.300 e. The molecule has 0 saturated carbocycles. The van der Waals surface area contributed by atoms with Crippen LogP contribution in [0.15, 0.2) is 18.2 Å². The van der Waals surface area contributed by atoms with Crippen molar-refractivity contribution in [3.8, 4) is 17.6 Å². The summed E-state index contributed by atoms with van der Waals surface area (Å²) in [5.41, 5.74) is -0.171. The number of rotatable bonds is 2. The van der Waals surface area contributed by atoms with E-state index in [2.05, 4.69) is 17.2 Å². The van der Waals surface area contributed by atoms with Crippen molar-refractivity contribution in [3.63, 3.8) is 0 Å². The maximum atomic E-state index is 11.1. The molecule has 1 amide bonds. The highest BCUT2D eigenvalue weighted by molar-refractivity contribution is 6.04. The topological polar surface area (TPSA) is 92.5 Å². The number of phenolic OH excluding ortho intramolecular Hbond substituents is 1. The van der Waals surface area contributed by atoms with Gasteiger partial charge in [0.05, 0.1) is 16.7 Å². The Morgan fingerprint density at radius 2 is 2.25 bits per heavy atom. The zero-order valence-electron chi connectivity index (χ0n) is 8.35. The molecule has 16 heavy (non-hydrogen) atoms. The SMILES string of the molecule is CC#CC(=O)Nc1ccc([N+](=O)[O-])cc1O. The van der Waals surface area contributed by atoms with Gasteiger partial charge in [0.1, 0.15) is 5.75 Å². The van der Waals surface area contributed by atoms with Gasteiger partial charge in [-0.2, -0.15) is 0 Å². The summed E-state index contributed by atoms with van der Waals surface area (Å²) in [5.74, 6) is 3.63. The third kappa shape index (κ3) is 2.72. The first kappa shape index (κ1) is 11.5. The Balaban J connectivity index is 2.94.